The minimum absolute atomic E-state index is 0.0272. The Hall–Kier alpha value is -2.98. The fourth-order valence-electron chi connectivity index (χ4n) is 2.76. The number of nitro groups is 2. The smallest absolute Gasteiger partial charge is 0.269 e. The molecule has 38 heavy (non-hydrogen) atoms. The van der Waals surface area contributed by atoms with Crippen molar-refractivity contribution in [1.29, 1.82) is 0 Å². The molecule has 0 aliphatic heterocycles. The number of nitrogens with zero attached hydrogens (tertiary/aromatic N) is 2. The average molecular weight is 637 g/mol. The summed E-state index contributed by atoms with van der Waals surface area (Å²) in [5.41, 5.74) is -0.0544. The van der Waals surface area contributed by atoms with E-state index in [-0.39, 0.29) is 43.0 Å². The number of nitro benzene ring substituents is 2. The second kappa shape index (κ2) is 13.2. The molecule has 0 atom stereocenters. The van der Waals surface area contributed by atoms with Crippen LogP contribution in [0.5, 0.6) is 23.0 Å². The maximum absolute atomic E-state index is 10.5. The Morgan fingerprint density at radius 1 is 0.500 bits per heavy atom. The number of hydrogen-bond acceptors (Lipinski definition) is 6. The maximum atomic E-state index is 10.5. The summed E-state index contributed by atoms with van der Waals surface area (Å²) in [5, 5.41) is 22.9. The highest BCUT2D eigenvalue weighted by Gasteiger charge is 2.13. The van der Waals surface area contributed by atoms with Crippen LogP contribution in [-0.4, -0.2) is 9.85 Å². The Labute approximate surface area is 245 Å². The molecule has 4 rings (SSSR count). The highest BCUT2D eigenvalue weighted by molar-refractivity contribution is 6.41. The van der Waals surface area contributed by atoms with Crippen LogP contribution >= 0.6 is 69.6 Å². The van der Waals surface area contributed by atoms with Gasteiger partial charge in [0.1, 0.15) is 11.5 Å². The fraction of sp³-hybridized carbons (Fsp3) is 0. The van der Waals surface area contributed by atoms with Crippen molar-refractivity contribution in [2.24, 2.45) is 0 Å². The largest absolute Gasteiger partial charge is 0.454 e. The molecule has 0 spiro atoms. The molecule has 0 N–H and O–H groups in total. The molecule has 0 heterocycles. The normalized spacial score (nSPS) is 10.3. The number of halogens is 6. The SMILES string of the molecule is O=[N+]([O-])c1ccc(Oc2c(Cl)cc(Cl)cc2Cl)cc1.O=[N+]([O-])c1ccc(Oc2c(Cl)cc(Cl)cc2Cl)cc1. The summed E-state index contributed by atoms with van der Waals surface area (Å²) in [6, 6.07) is 17.1. The van der Waals surface area contributed by atoms with Crippen LogP contribution in [0, 0.1) is 20.2 Å². The summed E-state index contributed by atoms with van der Waals surface area (Å²) in [6.45, 7) is 0. The molecule has 0 amide bonds. The van der Waals surface area contributed by atoms with Crippen molar-refractivity contribution >= 4 is 81.0 Å². The van der Waals surface area contributed by atoms with Crippen LogP contribution in [0.15, 0.2) is 72.8 Å². The first-order valence-corrected chi connectivity index (χ1v) is 12.3. The van der Waals surface area contributed by atoms with E-state index in [4.69, 9.17) is 79.1 Å². The summed E-state index contributed by atoms with van der Waals surface area (Å²) in [7, 11) is 0. The van der Waals surface area contributed by atoms with Crippen LogP contribution in [0.25, 0.3) is 0 Å². The predicted octanol–water partition coefficient (Wildman–Crippen LogP) is 10.7. The van der Waals surface area contributed by atoms with E-state index in [0.29, 0.717) is 21.5 Å². The molecule has 0 fully saturated rings. The van der Waals surface area contributed by atoms with Crippen molar-refractivity contribution in [1.82, 2.24) is 0 Å². The van der Waals surface area contributed by atoms with Crippen molar-refractivity contribution in [3.05, 3.63) is 123 Å². The molecule has 0 aliphatic rings. The number of ether oxygens (including phenoxy) is 2. The van der Waals surface area contributed by atoms with Gasteiger partial charge in [0.25, 0.3) is 11.4 Å². The fourth-order valence-corrected chi connectivity index (χ4v) is 4.55. The zero-order chi connectivity index (χ0) is 28.0. The second-order valence-corrected chi connectivity index (χ2v) is 9.60. The molecule has 0 radical (unpaired) electrons. The Kier molecular flexibility index (Phi) is 10.3. The van der Waals surface area contributed by atoms with Gasteiger partial charge in [0.2, 0.25) is 0 Å². The van der Waals surface area contributed by atoms with Gasteiger partial charge in [-0.25, -0.2) is 0 Å². The van der Waals surface area contributed by atoms with Gasteiger partial charge in [-0.15, -0.1) is 0 Å². The van der Waals surface area contributed by atoms with Crippen molar-refractivity contribution < 1.29 is 19.3 Å². The van der Waals surface area contributed by atoms with Crippen LogP contribution in [0.2, 0.25) is 30.1 Å². The topological polar surface area (TPSA) is 105 Å². The van der Waals surface area contributed by atoms with Gasteiger partial charge in [0.05, 0.1) is 29.9 Å². The lowest BCUT2D eigenvalue weighted by atomic mass is 10.3. The first kappa shape index (κ1) is 29.6. The lowest BCUT2D eigenvalue weighted by molar-refractivity contribution is -0.385. The Morgan fingerprint density at radius 2 is 0.763 bits per heavy atom. The van der Waals surface area contributed by atoms with Gasteiger partial charge in [-0.1, -0.05) is 69.6 Å². The van der Waals surface area contributed by atoms with Gasteiger partial charge < -0.3 is 9.47 Å². The van der Waals surface area contributed by atoms with Crippen LogP contribution in [0.4, 0.5) is 11.4 Å². The van der Waals surface area contributed by atoms with Crippen LogP contribution in [-0.2, 0) is 0 Å². The first-order valence-electron chi connectivity index (χ1n) is 10.1. The van der Waals surface area contributed by atoms with E-state index in [2.05, 4.69) is 0 Å². The zero-order valence-corrected chi connectivity index (χ0v) is 23.1. The number of non-ortho nitro benzene ring substituents is 2. The summed E-state index contributed by atoms with van der Waals surface area (Å²) in [4.78, 5) is 20.1. The van der Waals surface area contributed by atoms with E-state index in [9.17, 15) is 20.2 Å². The van der Waals surface area contributed by atoms with Crippen LogP contribution < -0.4 is 9.47 Å². The quantitative estimate of drug-likeness (QED) is 0.154. The summed E-state index contributed by atoms with van der Waals surface area (Å²) in [6.07, 6.45) is 0. The van der Waals surface area contributed by atoms with Crippen molar-refractivity contribution in [2.75, 3.05) is 0 Å². The minimum atomic E-state index is -0.494. The molecule has 0 unspecified atom stereocenters. The van der Waals surface area contributed by atoms with Gasteiger partial charge in [-0.2, -0.15) is 0 Å². The Morgan fingerprint density at radius 3 is 1.00 bits per heavy atom. The Bertz CT molecular complexity index is 1320. The molecule has 4 aromatic rings. The predicted molar refractivity (Wildman–Crippen MR) is 149 cm³/mol. The van der Waals surface area contributed by atoms with Crippen molar-refractivity contribution in [2.45, 2.75) is 0 Å². The van der Waals surface area contributed by atoms with E-state index in [1.165, 1.54) is 72.8 Å². The molecular weight excluding hydrogens is 625 g/mol. The van der Waals surface area contributed by atoms with Gasteiger partial charge in [-0.05, 0) is 48.5 Å². The molecule has 0 bridgehead atoms. The van der Waals surface area contributed by atoms with Gasteiger partial charge >= 0.3 is 0 Å². The first-order chi connectivity index (χ1) is 17.9. The molecule has 8 nitrogen and oxygen atoms in total. The lowest BCUT2D eigenvalue weighted by Gasteiger charge is -2.09. The second-order valence-electron chi connectivity index (χ2n) is 7.10. The molecular formula is C24H12Cl6N2O6. The summed E-state index contributed by atoms with van der Waals surface area (Å²) >= 11 is 35.4. The van der Waals surface area contributed by atoms with Crippen LogP contribution in [0.3, 0.4) is 0 Å². The van der Waals surface area contributed by atoms with Crippen molar-refractivity contribution in [3.8, 4) is 23.0 Å². The molecule has 4 aromatic carbocycles. The molecule has 0 aromatic heterocycles. The standard InChI is InChI=1S/2C12H6Cl3NO3/c2*13-7-5-10(14)12(11(15)6-7)19-9-3-1-8(2-4-9)16(17)18/h2*1-6H. The highest BCUT2D eigenvalue weighted by Crippen LogP contribution is 2.40. The van der Waals surface area contributed by atoms with Gasteiger partial charge in [-0.3, -0.25) is 20.2 Å². The average Bonchev–Trinajstić information content (AvgIpc) is 2.84. The summed E-state index contributed by atoms with van der Waals surface area (Å²) in [5.74, 6) is 1.27. The molecule has 196 valence electrons. The van der Waals surface area contributed by atoms with Crippen molar-refractivity contribution in [3.63, 3.8) is 0 Å². The van der Waals surface area contributed by atoms with E-state index >= 15 is 0 Å². The molecule has 0 saturated carbocycles. The molecule has 0 aliphatic carbocycles. The number of benzene rings is 4. The third-order valence-corrected chi connectivity index (χ3v) is 6.02. The third kappa shape index (κ3) is 8.01. The summed E-state index contributed by atoms with van der Waals surface area (Å²) < 4.78 is 11.0. The third-order valence-electron chi connectivity index (χ3n) is 4.46. The Balaban J connectivity index is 0.000000211. The highest BCUT2D eigenvalue weighted by atomic mass is 35.5. The van der Waals surface area contributed by atoms with Crippen LogP contribution in [0.1, 0.15) is 0 Å². The van der Waals surface area contributed by atoms with Gasteiger partial charge in [0.15, 0.2) is 11.5 Å². The number of hydrogen-bond donors (Lipinski definition) is 0. The zero-order valence-electron chi connectivity index (χ0n) is 18.5. The van der Waals surface area contributed by atoms with E-state index in [1.807, 2.05) is 0 Å². The van der Waals surface area contributed by atoms with E-state index in [0.717, 1.165) is 0 Å². The van der Waals surface area contributed by atoms with E-state index in [1.54, 1.807) is 0 Å². The monoisotopic (exact) mass is 634 g/mol. The van der Waals surface area contributed by atoms with E-state index < -0.39 is 9.85 Å². The molecule has 0 saturated heterocycles. The van der Waals surface area contributed by atoms with Gasteiger partial charge in [0, 0.05) is 34.3 Å². The maximum Gasteiger partial charge on any atom is 0.269 e. The number of rotatable bonds is 6. The molecule has 14 heteroatoms. The minimum Gasteiger partial charge on any atom is -0.454 e. The lowest BCUT2D eigenvalue weighted by Crippen LogP contribution is -1.89.